The first kappa shape index (κ1) is 16.1. The Hall–Kier alpha value is -1.87. The van der Waals surface area contributed by atoms with E-state index in [1.165, 1.54) is 7.05 Å². The topological polar surface area (TPSA) is 120 Å². The molecular weight excluding hydrogens is 248 g/mol. The summed E-state index contributed by atoms with van der Waals surface area (Å²) < 4.78 is 24.7. The molecule has 0 aromatic heterocycles. The Morgan fingerprint density at radius 2 is 2.17 bits per heavy atom. The van der Waals surface area contributed by atoms with Crippen molar-refractivity contribution < 1.29 is 18.4 Å². The molecule has 2 amide bonds. The molecule has 0 aliphatic heterocycles. The van der Waals surface area contributed by atoms with Crippen molar-refractivity contribution in [3.8, 4) is 0 Å². The molecule has 1 atom stereocenters. The molecule has 0 saturated carbocycles. The maximum atomic E-state index is 12.4. The SMILES string of the molecule is CNC(CN)(C(=O)NC=O)/C(=C/C=N)NC(F)F. The van der Waals surface area contributed by atoms with Gasteiger partial charge >= 0.3 is 6.55 Å². The highest BCUT2D eigenvalue weighted by molar-refractivity contribution is 5.97. The van der Waals surface area contributed by atoms with Crippen molar-refractivity contribution in [1.29, 1.82) is 5.41 Å². The number of hydrogen-bond donors (Lipinski definition) is 5. The number of nitrogens with one attached hydrogen (secondary N) is 4. The zero-order valence-electron chi connectivity index (χ0n) is 9.67. The van der Waals surface area contributed by atoms with Gasteiger partial charge in [0, 0.05) is 18.5 Å². The second kappa shape index (κ2) is 7.45. The van der Waals surface area contributed by atoms with E-state index in [0.29, 0.717) is 0 Å². The van der Waals surface area contributed by atoms with E-state index in [2.05, 4.69) is 5.32 Å². The monoisotopic (exact) mass is 263 g/mol. The van der Waals surface area contributed by atoms with Crippen molar-refractivity contribution in [2.24, 2.45) is 5.73 Å². The molecule has 9 heteroatoms. The van der Waals surface area contributed by atoms with Gasteiger partial charge in [0.25, 0.3) is 5.91 Å². The van der Waals surface area contributed by atoms with E-state index in [4.69, 9.17) is 11.1 Å². The van der Waals surface area contributed by atoms with Gasteiger partial charge in [-0.2, -0.15) is 8.78 Å². The van der Waals surface area contributed by atoms with Crippen molar-refractivity contribution in [3.63, 3.8) is 0 Å². The first-order valence-corrected chi connectivity index (χ1v) is 4.88. The molecule has 6 N–H and O–H groups in total. The summed E-state index contributed by atoms with van der Waals surface area (Å²) in [7, 11) is 1.32. The number of rotatable bonds is 8. The van der Waals surface area contributed by atoms with E-state index in [9.17, 15) is 18.4 Å². The van der Waals surface area contributed by atoms with Crippen LogP contribution >= 0.6 is 0 Å². The fourth-order valence-electron chi connectivity index (χ4n) is 1.37. The zero-order valence-corrected chi connectivity index (χ0v) is 9.67. The first-order valence-electron chi connectivity index (χ1n) is 4.88. The van der Waals surface area contributed by atoms with Gasteiger partial charge in [0.1, 0.15) is 0 Å². The van der Waals surface area contributed by atoms with Crippen LogP contribution in [0.15, 0.2) is 11.8 Å². The highest BCUT2D eigenvalue weighted by Crippen LogP contribution is 2.14. The summed E-state index contributed by atoms with van der Waals surface area (Å²) in [6.45, 7) is -3.33. The lowest BCUT2D eigenvalue weighted by atomic mass is 9.93. The number of amides is 2. The van der Waals surface area contributed by atoms with E-state index >= 15 is 0 Å². The van der Waals surface area contributed by atoms with Crippen LogP contribution in [0.25, 0.3) is 0 Å². The normalized spacial score (nSPS) is 14.8. The van der Waals surface area contributed by atoms with Crippen molar-refractivity contribution in [3.05, 3.63) is 11.8 Å². The maximum absolute atomic E-state index is 12.4. The lowest BCUT2D eigenvalue weighted by Crippen LogP contribution is -2.64. The molecule has 0 radical (unpaired) electrons. The highest BCUT2D eigenvalue weighted by Gasteiger charge is 2.40. The van der Waals surface area contributed by atoms with Gasteiger partial charge in [-0.05, 0) is 13.1 Å². The highest BCUT2D eigenvalue weighted by atomic mass is 19.3. The number of halogens is 2. The first-order chi connectivity index (χ1) is 8.48. The Balaban J connectivity index is 5.50. The molecule has 0 aliphatic rings. The average molecular weight is 263 g/mol. The Morgan fingerprint density at radius 3 is 2.50 bits per heavy atom. The molecule has 0 rings (SSSR count). The summed E-state index contributed by atoms with van der Waals surface area (Å²) in [4.78, 5) is 22.0. The minimum Gasteiger partial charge on any atom is -0.331 e. The molecule has 0 saturated heterocycles. The molecule has 0 aromatic carbocycles. The molecular formula is C9H15F2N5O2. The lowest BCUT2D eigenvalue weighted by Gasteiger charge is -2.32. The second-order valence-corrected chi connectivity index (χ2v) is 3.14. The predicted molar refractivity (Wildman–Crippen MR) is 61.1 cm³/mol. The minimum absolute atomic E-state index is 0.120. The van der Waals surface area contributed by atoms with Crippen LogP contribution in [-0.2, 0) is 9.59 Å². The van der Waals surface area contributed by atoms with Crippen LogP contribution in [0.3, 0.4) is 0 Å². The fourth-order valence-corrected chi connectivity index (χ4v) is 1.37. The Bertz CT molecular complexity index is 342. The summed E-state index contributed by atoms with van der Waals surface area (Å²) in [6.07, 6.45) is 1.80. The molecule has 7 nitrogen and oxygen atoms in total. The third-order valence-electron chi connectivity index (χ3n) is 2.29. The third-order valence-corrected chi connectivity index (χ3v) is 2.29. The fraction of sp³-hybridized carbons (Fsp3) is 0.444. The standard InChI is InChI=1S/C9H15F2N5O2/c1-14-9(4-13,7(18)15-5-17)6(2-3-12)16-8(10)11/h2-3,5,8,12,14,16H,4,13H2,1H3,(H,15,17,18)/b6-2-,12-3?. The van der Waals surface area contributed by atoms with E-state index in [1.807, 2.05) is 5.32 Å². The summed E-state index contributed by atoms with van der Waals surface area (Å²) in [5.41, 5.74) is 3.37. The second-order valence-electron chi connectivity index (χ2n) is 3.14. The Labute approximate surface area is 102 Å². The molecule has 0 aliphatic carbocycles. The summed E-state index contributed by atoms with van der Waals surface area (Å²) in [5, 5.41) is 12.9. The summed E-state index contributed by atoms with van der Waals surface area (Å²) >= 11 is 0. The van der Waals surface area contributed by atoms with Crippen LogP contribution in [0.2, 0.25) is 0 Å². The Morgan fingerprint density at radius 1 is 1.56 bits per heavy atom. The van der Waals surface area contributed by atoms with Gasteiger partial charge in [-0.3, -0.25) is 14.9 Å². The van der Waals surface area contributed by atoms with Crippen molar-refractivity contribution in [2.75, 3.05) is 13.6 Å². The molecule has 102 valence electrons. The van der Waals surface area contributed by atoms with E-state index in [-0.39, 0.29) is 18.7 Å². The van der Waals surface area contributed by atoms with E-state index in [0.717, 1.165) is 12.3 Å². The number of alkyl halides is 2. The third kappa shape index (κ3) is 3.57. The number of nitrogens with two attached hydrogens (primary N) is 1. The van der Waals surface area contributed by atoms with Crippen LogP contribution in [0.1, 0.15) is 0 Å². The quantitative estimate of drug-likeness (QED) is 0.208. The molecule has 0 fully saturated rings. The number of carbonyl (C=O) groups is 2. The number of hydrogen-bond acceptors (Lipinski definition) is 6. The number of imide groups is 1. The predicted octanol–water partition coefficient (Wildman–Crippen LogP) is -1.48. The molecule has 18 heavy (non-hydrogen) atoms. The maximum Gasteiger partial charge on any atom is 0.312 e. The van der Waals surface area contributed by atoms with Gasteiger partial charge < -0.3 is 21.8 Å². The van der Waals surface area contributed by atoms with Crippen molar-refractivity contribution in [2.45, 2.75) is 12.1 Å². The summed E-state index contributed by atoms with van der Waals surface area (Å²) in [5.74, 6) is -0.899. The van der Waals surface area contributed by atoms with Gasteiger partial charge in [-0.25, -0.2) is 0 Å². The molecule has 0 heterocycles. The van der Waals surface area contributed by atoms with Gasteiger partial charge in [0.05, 0.1) is 0 Å². The van der Waals surface area contributed by atoms with Gasteiger partial charge in [0.15, 0.2) is 5.54 Å². The van der Waals surface area contributed by atoms with Gasteiger partial charge in [-0.15, -0.1) is 0 Å². The molecule has 1 unspecified atom stereocenters. The molecule has 0 aromatic rings. The average Bonchev–Trinajstić information content (AvgIpc) is 2.31. The van der Waals surface area contributed by atoms with Crippen LogP contribution < -0.4 is 21.7 Å². The van der Waals surface area contributed by atoms with Crippen LogP contribution in [-0.4, -0.2) is 44.2 Å². The van der Waals surface area contributed by atoms with Gasteiger partial charge in [-0.1, -0.05) is 0 Å². The smallest absolute Gasteiger partial charge is 0.312 e. The zero-order chi connectivity index (χ0) is 14.2. The lowest BCUT2D eigenvalue weighted by molar-refractivity contribution is -0.129. The molecule has 0 bridgehead atoms. The van der Waals surface area contributed by atoms with Crippen molar-refractivity contribution >= 4 is 18.5 Å². The van der Waals surface area contributed by atoms with Crippen LogP contribution in [0.4, 0.5) is 8.78 Å². The van der Waals surface area contributed by atoms with Crippen LogP contribution in [0.5, 0.6) is 0 Å². The Kier molecular flexibility index (Phi) is 6.68. The van der Waals surface area contributed by atoms with E-state index < -0.39 is 18.0 Å². The van der Waals surface area contributed by atoms with E-state index in [1.54, 1.807) is 5.32 Å². The number of likely N-dealkylation sites (N-methyl/N-ethyl adjacent to an activating group) is 1. The van der Waals surface area contributed by atoms with Crippen LogP contribution in [0, 0.1) is 5.41 Å². The number of carbonyl (C=O) groups excluding carboxylic acids is 2. The van der Waals surface area contributed by atoms with Crippen molar-refractivity contribution in [1.82, 2.24) is 16.0 Å². The number of allylic oxidation sites excluding steroid dienone is 1. The van der Waals surface area contributed by atoms with Gasteiger partial charge in [0.2, 0.25) is 6.41 Å². The minimum atomic E-state index is -2.94. The summed E-state index contributed by atoms with van der Waals surface area (Å²) in [6, 6.07) is 0. The largest absolute Gasteiger partial charge is 0.331 e. The molecule has 0 spiro atoms.